The van der Waals surface area contributed by atoms with Crippen LogP contribution in [0.1, 0.15) is 40.0 Å². The molecule has 5 atom stereocenters. The minimum Gasteiger partial charge on any atom is -0.507 e. The molecular formula is C23H27FN6O2. The molecular weight excluding hydrogens is 411 g/mol. The summed E-state index contributed by atoms with van der Waals surface area (Å²) in [6, 6.07) is 5.24. The van der Waals surface area contributed by atoms with Crippen LogP contribution in [-0.4, -0.2) is 53.2 Å². The number of fused-ring (bicyclic) bond motifs is 2. The van der Waals surface area contributed by atoms with Crippen LogP contribution in [0.5, 0.6) is 11.8 Å². The van der Waals surface area contributed by atoms with Crippen LogP contribution < -0.4 is 10.1 Å². The van der Waals surface area contributed by atoms with E-state index < -0.39 is 17.8 Å². The van der Waals surface area contributed by atoms with Gasteiger partial charge in [-0.3, -0.25) is 0 Å². The molecule has 2 aliphatic rings. The Balaban J connectivity index is 1.33. The molecule has 1 aromatic carbocycles. The molecule has 0 spiro atoms. The molecule has 2 bridgehead atoms. The number of ether oxygens (including phenoxy) is 1. The quantitative estimate of drug-likeness (QED) is 0.644. The molecule has 3 aromatic rings. The maximum atomic E-state index is 15.4. The van der Waals surface area contributed by atoms with Gasteiger partial charge in [-0.2, -0.15) is 0 Å². The topological polar surface area (TPSA) is 98.0 Å². The van der Waals surface area contributed by atoms with Crippen molar-refractivity contribution in [3.05, 3.63) is 43.1 Å². The first-order valence-corrected chi connectivity index (χ1v) is 10.9. The fourth-order valence-corrected chi connectivity index (χ4v) is 5.62. The van der Waals surface area contributed by atoms with Crippen molar-refractivity contribution in [3.63, 3.8) is 0 Å². The summed E-state index contributed by atoms with van der Waals surface area (Å²) in [5.74, 6) is 0.501. The highest BCUT2D eigenvalue weighted by Gasteiger charge is 2.55. The summed E-state index contributed by atoms with van der Waals surface area (Å²) in [5, 5.41) is 22.2. The van der Waals surface area contributed by atoms with E-state index >= 15 is 4.39 Å². The summed E-state index contributed by atoms with van der Waals surface area (Å²) in [5.41, 5.74) is 0.848. The molecule has 2 aromatic heterocycles. The fourth-order valence-electron chi connectivity index (χ4n) is 5.62. The molecule has 2 fully saturated rings. The number of rotatable bonds is 4. The SMILES string of the molecule is CC1C[C@@]2(C)C[C@H](Oc3ncc(-c4ccc(-n5ccnc5)cc4O)nn3)[C@@H](F)[C@@](C)(C1)N2. The molecule has 32 heavy (non-hydrogen) atoms. The van der Waals surface area contributed by atoms with Crippen molar-refractivity contribution in [3.8, 4) is 28.7 Å². The summed E-state index contributed by atoms with van der Waals surface area (Å²) in [4.78, 5) is 8.25. The molecule has 0 saturated carbocycles. The zero-order valence-corrected chi connectivity index (χ0v) is 18.4. The molecule has 0 radical (unpaired) electrons. The van der Waals surface area contributed by atoms with Crippen molar-refractivity contribution in [1.29, 1.82) is 0 Å². The van der Waals surface area contributed by atoms with Gasteiger partial charge in [0.05, 0.1) is 23.8 Å². The smallest absolute Gasteiger partial charge is 0.336 e. The number of phenols is 1. The average Bonchev–Trinajstić information content (AvgIpc) is 3.26. The van der Waals surface area contributed by atoms with Gasteiger partial charge in [0.25, 0.3) is 0 Å². The third-order valence-corrected chi connectivity index (χ3v) is 6.60. The highest BCUT2D eigenvalue weighted by molar-refractivity contribution is 5.67. The van der Waals surface area contributed by atoms with Gasteiger partial charge < -0.3 is 19.7 Å². The van der Waals surface area contributed by atoms with Gasteiger partial charge in [0, 0.05) is 36.0 Å². The maximum absolute atomic E-state index is 15.4. The van der Waals surface area contributed by atoms with Gasteiger partial charge in [-0.05, 0) is 44.7 Å². The van der Waals surface area contributed by atoms with E-state index in [1.165, 1.54) is 6.20 Å². The van der Waals surface area contributed by atoms with Crippen LogP contribution in [0.3, 0.4) is 0 Å². The number of imidazole rings is 1. The highest BCUT2D eigenvalue weighted by atomic mass is 19.1. The van der Waals surface area contributed by atoms with Crippen LogP contribution in [0.25, 0.3) is 16.9 Å². The molecule has 5 rings (SSSR count). The van der Waals surface area contributed by atoms with Crippen LogP contribution >= 0.6 is 0 Å². The number of halogens is 1. The molecule has 2 aliphatic heterocycles. The monoisotopic (exact) mass is 438 g/mol. The number of hydrogen-bond donors (Lipinski definition) is 2. The molecule has 0 aliphatic carbocycles. The zero-order chi connectivity index (χ0) is 22.5. The van der Waals surface area contributed by atoms with E-state index in [-0.39, 0.29) is 17.3 Å². The van der Waals surface area contributed by atoms with Gasteiger partial charge in [-0.15, -0.1) is 5.10 Å². The molecule has 2 saturated heterocycles. The van der Waals surface area contributed by atoms with Crippen molar-refractivity contribution >= 4 is 0 Å². The summed E-state index contributed by atoms with van der Waals surface area (Å²) < 4.78 is 23.1. The maximum Gasteiger partial charge on any atom is 0.336 e. The standard InChI is InChI=1S/C23H27FN6O2/c1-14-9-22(2)11-19(20(24)23(3,10-14)29-22)32-21-26-12-17(27-28-21)16-5-4-15(8-18(16)31)30-7-6-25-13-30/h4-8,12-14,19-20,29,31H,9-11H2,1-3H3/t14?,19-,20+,22-,23+/m0/s1. The Bertz CT molecular complexity index is 1110. The first kappa shape index (κ1) is 20.8. The van der Waals surface area contributed by atoms with Gasteiger partial charge in [0.2, 0.25) is 0 Å². The third-order valence-electron chi connectivity index (χ3n) is 6.60. The van der Waals surface area contributed by atoms with E-state index in [9.17, 15) is 5.11 Å². The molecule has 9 heteroatoms. The fraction of sp³-hybridized carbons (Fsp3) is 0.478. The molecule has 0 amide bonds. The Labute approximate surface area is 185 Å². The first-order valence-electron chi connectivity index (χ1n) is 10.9. The summed E-state index contributed by atoms with van der Waals surface area (Å²) in [6.07, 6.45) is 7.03. The second-order valence-corrected chi connectivity index (χ2v) is 9.68. The number of nitrogens with zero attached hydrogens (tertiary/aromatic N) is 5. The summed E-state index contributed by atoms with van der Waals surface area (Å²) >= 11 is 0. The molecule has 4 heterocycles. The van der Waals surface area contributed by atoms with Gasteiger partial charge >= 0.3 is 6.01 Å². The van der Waals surface area contributed by atoms with Crippen LogP contribution in [0, 0.1) is 5.92 Å². The number of hydrogen-bond acceptors (Lipinski definition) is 7. The number of nitrogens with one attached hydrogen (secondary N) is 1. The van der Waals surface area contributed by atoms with E-state index in [1.54, 1.807) is 35.4 Å². The predicted octanol–water partition coefficient (Wildman–Crippen LogP) is 3.46. The van der Waals surface area contributed by atoms with Crippen molar-refractivity contribution in [2.24, 2.45) is 5.92 Å². The minimum atomic E-state index is -1.18. The van der Waals surface area contributed by atoms with E-state index in [0.29, 0.717) is 23.6 Å². The number of benzene rings is 1. The number of aromatic nitrogens is 5. The van der Waals surface area contributed by atoms with Crippen LogP contribution in [0.15, 0.2) is 43.1 Å². The van der Waals surface area contributed by atoms with Gasteiger partial charge in [0.1, 0.15) is 17.5 Å². The normalized spacial score (nSPS) is 31.9. The lowest BCUT2D eigenvalue weighted by Crippen LogP contribution is -2.72. The van der Waals surface area contributed by atoms with Gasteiger partial charge in [0.15, 0.2) is 6.17 Å². The summed E-state index contributed by atoms with van der Waals surface area (Å²) in [6.45, 7) is 6.23. The van der Waals surface area contributed by atoms with Crippen molar-refractivity contribution in [1.82, 2.24) is 30.0 Å². The average molecular weight is 439 g/mol. The molecule has 8 nitrogen and oxygen atoms in total. The Morgan fingerprint density at radius 2 is 2.06 bits per heavy atom. The van der Waals surface area contributed by atoms with Crippen molar-refractivity contribution in [2.45, 2.75) is 63.4 Å². The highest BCUT2D eigenvalue weighted by Crippen LogP contribution is 2.44. The van der Waals surface area contributed by atoms with Crippen LogP contribution in [0.4, 0.5) is 4.39 Å². The van der Waals surface area contributed by atoms with E-state index in [4.69, 9.17) is 4.74 Å². The van der Waals surface area contributed by atoms with E-state index in [0.717, 1.165) is 18.5 Å². The number of aromatic hydroxyl groups is 1. The Hall–Kier alpha value is -3.07. The van der Waals surface area contributed by atoms with E-state index in [2.05, 4.69) is 39.3 Å². The lowest BCUT2D eigenvalue weighted by molar-refractivity contribution is -0.0763. The molecule has 2 N–H and O–H groups in total. The van der Waals surface area contributed by atoms with Gasteiger partial charge in [-0.25, -0.2) is 14.4 Å². The van der Waals surface area contributed by atoms with Crippen molar-refractivity contribution < 1.29 is 14.2 Å². The Kier molecular flexibility index (Phi) is 4.88. The zero-order valence-electron chi connectivity index (χ0n) is 18.4. The number of phenolic OH excluding ortho intramolecular Hbond substituents is 1. The lowest BCUT2D eigenvalue weighted by Gasteiger charge is -2.56. The lowest BCUT2D eigenvalue weighted by atomic mass is 9.65. The third kappa shape index (κ3) is 3.70. The molecule has 168 valence electrons. The largest absolute Gasteiger partial charge is 0.507 e. The van der Waals surface area contributed by atoms with Gasteiger partial charge in [-0.1, -0.05) is 12.0 Å². The first-order chi connectivity index (χ1) is 15.2. The second-order valence-electron chi connectivity index (χ2n) is 9.68. The van der Waals surface area contributed by atoms with Crippen molar-refractivity contribution in [2.75, 3.05) is 0 Å². The number of piperidine rings is 2. The van der Waals surface area contributed by atoms with Crippen LogP contribution in [-0.2, 0) is 0 Å². The van der Waals surface area contributed by atoms with E-state index in [1.807, 2.05) is 13.0 Å². The van der Waals surface area contributed by atoms with Crippen LogP contribution in [0.2, 0.25) is 0 Å². The predicted molar refractivity (Wildman–Crippen MR) is 116 cm³/mol. The second kappa shape index (κ2) is 7.51. The Morgan fingerprint density at radius 1 is 1.22 bits per heavy atom. The molecule has 1 unspecified atom stereocenters. The number of alkyl halides is 1. The minimum absolute atomic E-state index is 0.0381. The Morgan fingerprint density at radius 3 is 2.75 bits per heavy atom. The summed E-state index contributed by atoms with van der Waals surface area (Å²) in [7, 11) is 0.